The highest BCUT2D eigenvalue weighted by molar-refractivity contribution is 6.04. The highest BCUT2D eigenvalue weighted by atomic mass is 16.1. The van der Waals surface area contributed by atoms with Crippen molar-refractivity contribution in [3.8, 4) is 0 Å². The second-order valence-corrected chi connectivity index (χ2v) is 4.86. The molecule has 0 saturated heterocycles. The molecule has 0 aliphatic heterocycles. The molecule has 1 aromatic rings. The van der Waals surface area contributed by atoms with E-state index in [0.717, 1.165) is 0 Å². The summed E-state index contributed by atoms with van der Waals surface area (Å²) in [4.78, 5) is 25.1. The maximum atomic E-state index is 11.8. The number of hydrogen-bond donors (Lipinski definition) is 1. The van der Waals surface area contributed by atoms with Gasteiger partial charge in [0.2, 0.25) is 5.91 Å². The lowest BCUT2D eigenvalue weighted by Gasteiger charge is -2.08. The van der Waals surface area contributed by atoms with Crippen molar-refractivity contribution in [3.63, 3.8) is 0 Å². The molecule has 0 fully saturated rings. The van der Waals surface area contributed by atoms with Gasteiger partial charge in [-0.2, -0.15) is 0 Å². The van der Waals surface area contributed by atoms with E-state index in [1.165, 1.54) is 6.08 Å². The number of nitrogens with zero attached hydrogens (tertiary/aromatic N) is 1. The average molecular weight is 260 g/mol. The quantitative estimate of drug-likeness (QED) is 0.654. The summed E-state index contributed by atoms with van der Waals surface area (Å²) in [5.41, 5.74) is 1.30. The smallest absolute Gasteiger partial charge is 0.226 e. The lowest BCUT2D eigenvalue weighted by Crippen LogP contribution is -2.17. The fraction of sp³-hybridized carbons (Fsp3) is 0.333. The monoisotopic (exact) mass is 260 g/mol. The minimum atomic E-state index is -0.0654. The number of anilines is 1. The normalized spacial score (nSPS) is 10.8. The van der Waals surface area contributed by atoms with E-state index in [1.807, 2.05) is 27.9 Å². The predicted octanol–water partition coefficient (Wildman–Crippen LogP) is 2.54. The number of ketones is 1. The summed E-state index contributed by atoms with van der Waals surface area (Å²) in [7, 11) is 3.71. The lowest BCUT2D eigenvalue weighted by atomic mass is 10.1. The number of carbonyl (C=O) groups excluding carboxylic acids is 2. The van der Waals surface area contributed by atoms with Crippen LogP contribution in [0.4, 0.5) is 5.69 Å². The first-order valence-electron chi connectivity index (χ1n) is 6.20. The molecule has 0 aliphatic carbocycles. The summed E-state index contributed by atoms with van der Waals surface area (Å²) in [6, 6.07) is 6.88. The summed E-state index contributed by atoms with van der Waals surface area (Å²) >= 11 is 0. The van der Waals surface area contributed by atoms with E-state index in [1.54, 1.807) is 35.4 Å². The van der Waals surface area contributed by atoms with Gasteiger partial charge in [-0.05, 0) is 24.3 Å². The van der Waals surface area contributed by atoms with Crippen LogP contribution in [-0.2, 0) is 4.79 Å². The Kier molecular flexibility index (Phi) is 5.30. The molecule has 0 spiro atoms. The summed E-state index contributed by atoms with van der Waals surface area (Å²) in [6.07, 6.45) is 3.22. The minimum absolute atomic E-state index is 0.0356. The molecule has 0 bridgehead atoms. The van der Waals surface area contributed by atoms with Crippen molar-refractivity contribution in [2.45, 2.75) is 13.8 Å². The Hall–Kier alpha value is -2.10. The molecule has 4 heteroatoms. The molecule has 0 heterocycles. The zero-order valence-corrected chi connectivity index (χ0v) is 11.8. The predicted molar refractivity (Wildman–Crippen MR) is 77.1 cm³/mol. The Morgan fingerprint density at radius 2 is 1.74 bits per heavy atom. The van der Waals surface area contributed by atoms with Gasteiger partial charge < -0.3 is 10.2 Å². The Morgan fingerprint density at radius 1 is 1.16 bits per heavy atom. The van der Waals surface area contributed by atoms with Gasteiger partial charge >= 0.3 is 0 Å². The van der Waals surface area contributed by atoms with Crippen molar-refractivity contribution in [2.24, 2.45) is 5.92 Å². The second kappa shape index (κ2) is 6.73. The van der Waals surface area contributed by atoms with Crippen LogP contribution < -0.4 is 5.32 Å². The molecule has 0 atom stereocenters. The van der Waals surface area contributed by atoms with Crippen molar-refractivity contribution in [2.75, 3.05) is 19.4 Å². The number of hydrogen-bond acceptors (Lipinski definition) is 3. The largest absolute Gasteiger partial charge is 0.383 e. The Balaban J connectivity index is 2.71. The number of amides is 1. The zero-order valence-electron chi connectivity index (χ0n) is 11.8. The van der Waals surface area contributed by atoms with Crippen molar-refractivity contribution in [1.29, 1.82) is 0 Å². The van der Waals surface area contributed by atoms with Crippen LogP contribution in [0.15, 0.2) is 36.5 Å². The highest BCUT2D eigenvalue weighted by Gasteiger charge is 2.07. The molecule has 102 valence electrons. The Morgan fingerprint density at radius 3 is 2.21 bits per heavy atom. The van der Waals surface area contributed by atoms with Gasteiger partial charge in [0.05, 0.1) is 0 Å². The second-order valence-electron chi connectivity index (χ2n) is 4.86. The molecular weight excluding hydrogens is 240 g/mol. The Bertz CT molecular complexity index is 473. The third-order valence-corrected chi connectivity index (χ3v) is 2.49. The molecule has 0 aromatic heterocycles. The van der Waals surface area contributed by atoms with E-state index in [9.17, 15) is 9.59 Å². The fourth-order valence-electron chi connectivity index (χ4n) is 1.32. The van der Waals surface area contributed by atoms with Gasteiger partial charge in [-0.15, -0.1) is 0 Å². The van der Waals surface area contributed by atoms with Gasteiger partial charge in [-0.25, -0.2) is 0 Å². The van der Waals surface area contributed by atoms with E-state index in [-0.39, 0.29) is 17.6 Å². The van der Waals surface area contributed by atoms with Crippen LogP contribution in [0.2, 0.25) is 0 Å². The molecule has 19 heavy (non-hydrogen) atoms. The van der Waals surface area contributed by atoms with Crippen LogP contribution in [0.1, 0.15) is 24.2 Å². The van der Waals surface area contributed by atoms with Crippen molar-refractivity contribution >= 4 is 17.4 Å². The summed E-state index contributed by atoms with van der Waals surface area (Å²) < 4.78 is 0. The molecular formula is C15H20N2O2. The molecule has 0 saturated carbocycles. The van der Waals surface area contributed by atoms with E-state index >= 15 is 0 Å². The molecule has 0 radical (unpaired) electrons. The van der Waals surface area contributed by atoms with Crippen molar-refractivity contribution < 1.29 is 9.59 Å². The number of benzene rings is 1. The zero-order chi connectivity index (χ0) is 14.4. The van der Waals surface area contributed by atoms with Crippen LogP contribution in [0.3, 0.4) is 0 Å². The SMILES string of the molecule is CC(C)C(=O)Nc1ccc(C(=O)C=CN(C)C)cc1. The topological polar surface area (TPSA) is 49.4 Å². The maximum Gasteiger partial charge on any atom is 0.226 e. The van der Waals surface area contributed by atoms with E-state index in [0.29, 0.717) is 11.3 Å². The molecule has 4 nitrogen and oxygen atoms in total. The summed E-state index contributed by atoms with van der Waals surface area (Å²) in [6.45, 7) is 3.67. The number of nitrogens with one attached hydrogen (secondary N) is 1. The first kappa shape index (κ1) is 15.0. The van der Waals surface area contributed by atoms with Gasteiger partial charge in [-0.1, -0.05) is 13.8 Å². The maximum absolute atomic E-state index is 11.8. The fourth-order valence-corrected chi connectivity index (χ4v) is 1.32. The lowest BCUT2D eigenvalue weighted by molar-refractivity contribution is -0.118. The van der Waals surface area contributed by atoms with Gasteiger partial charge in [0, 0.05) is 43.5 Å². The van der Waals surface area contributed by atoms with Crippen LogP contribution in [0, 0.1) is 5.92 Å². The first-order chi connectivity index (χ1) is 8.90. The number of carbonyl (C=O) groups is 2. The highest BCUT2D eigenvalue weighted by Crippen LogP contribution is 2.11. The minimum Gasteiger partial charge on any atom is -0.383 e. The number of allylic oxidation sites excluding steroid dienone is 1. The van der Waals surface area contributed by atoms with E-state index in [4.69, 9.17) is 0 Å². The molecule has 1 aromatic carbocycles. The van der Waals surface area contributed by atoms with Crippen LogP contribution in [0.25, 0.3) is 0 Å². The van der Waals surface area contributed by atoms with Crippen LogP contribution in [-0.4, -0.2) is 30.7 Å². The first-order valence-corrected chi connectivity index (χ1v) is 6.20. The molecule has 1 rings (SSSR count). The van der Waals surface area contributed by atoms with Crippen molar-refractivity contribution in [3.05, 3.63) is 42.1 Å². The van der Waals surface area contributed by atoms with Gasteiger partial charge in [-0.3, -0.25) is 9.59 Å². The number of rotatable bonds is 5. The van der Waals surface area contributed by atoms with E-state index < -0.39 is 0 Å². The van der Waals surface area contributed by atoms with Crippen LogP contribution >= 0.6 is 0 Å². The van der Waals surface area contributed by atoms with Gasteiger partial charge in [0.1, 0.15) is 0 Å². The Labute approximate surface area is 114 Å². The molecule has 0 aliphatic rings. The van der Waals surface area contributed by atoms with Crippen molar-refractivity contribution in [1.82, 2.24) is 4.90 Å². The van der Waals surface area contributed by atoms with Gasteiger partial charge in [0.25, 0.3) is 0 Å². The standard InChI is InChI=1S/C15H20N2O2/c1-11(2)15(19)16-13-7-5-12(6-8-13)14(18)9-10-17(3)4/h5-11H,1-4H3,(H,16,19). The van der Waals surface area contributed by atoms with E-state index in [2.05, 4.69) is 5.32 Å². The third kappa shape index (κ3) is 4.95. The summed E-state index contributed by atoms with van der Waals surface area (Å²) in [5, 5.41) is 2.78. The summed E-state index contributed by atoms with van der Waals surface area (Å²) in [5.74, 6) is -0.161. The molecule has 1 N–H and O–H groups in total. The average Bonchev–Trinajstić information content (AvgIpc) is 2.36. The third-order valence-electron chi connectivity index (χ3n) is 2.49. The molecule has 0 unspecified atom stereocenters. The van der Waals surface area contributed by atoms with Gasteiger partial charge in [0.15, 0.2) is 5.78 Å². The van der Waals surface area contributed by atoms with Crippen LogP contribution in [0.5, 0.6) is 0 Å². The molecule has 1 amide bonds.